The van der Waals surface area contributed by atoms with Crippen molar-refractivity contribution in [3.8, 4) is 0 Å². The minimum atomic E-state index is -0.187. The summed E-state index contributed by atoms with van der Waals surface area (Å²) in [5.41, 5.74) is 0.676. The van der Waals surface area contributed by atoms with Gasteiger partial charge in [-0.3, -0.25) is 0 Å². The van der Waals surface area contributed by atoms with Crippen molar-refractivity contribution >= 4 is 11.8 Å². The molecule has 0 radical (unpaired) electrons. The molecule has 1 heterocycles. The number of nitrogens with zero attached hydrogens (tertiary/aromatic N) is 3. The Morgan fingerprint density at radius 3 is 2.81 bits per heavy atom. The van der Waals surface area contributed by atoms with E-state index in [0.29, 0.717) is 30.3 Å². The fourth-order valence-corrected chi connectivity index (χ4v) is 1.87. The fraction of sp³-hybridized carbons (Fsp3) is 0.400. The van der Waals surface area contributed by atoms with Gasteiger partial charge in [-0.15, -0.1) is 5.10 Å². The largest absolute Gasteiger partial charge is 0.369 e. The van der Waals surface area contributed by atoms with Crippen molar-refractivity contribution in [2.75, 3.05) is 23.7 Å². The highest BCUT2D eigenvalue weighted by Gasteiger charge is 2.02. The summed E-state index contributed by atoms with van der Waals surface area (Å²) in [6.07, 6.45) is 4.38. The molecule has 1 aromatic heterocycles. The maximum atomic E-state index is 13.5. The molecule has 0 saturated heterocycles. The molecule has 0 unspecified atom stereocenters. The van der Waals surface area contributed by atoms with Crippen molar-refractivity contribution in [3.63, 3.8) is 0 Å². The van der Waals surface area contributed by atoms with Crippen LogP contribution in [0, 0.1) is 5.82 Å². The molecule has 1 aromatic carbocycles. The van der Waals surface area contributed by atoms with E-state index in [9.17, 15) is 4.39 Å². The highest BCUT2D eigenvalue weighted by atomic mass is 19.1. The molecule has 0 aliphatic carbocycles. The zero-order valence-electron chi connectivity index (χ0n) is 12.1. The second kappa shape index (κ2) is 8.14. The second-order valence-corrected chi connectivity index (χ2v) is 4.71. The van der Waals surface area contributed by atoms with E-state index < -0.39 is 0 Å². The topological polar surface area (TPSA) is 62.7 Å². The van der Waals surface area contributed by atoms with Crippen molar-refractivity contribution in [1.29, 1.82) is 0 Å². The lowest BCUT2D eigenvalue weighted by Gasteiger charge is -2.07. The molecular formula is C15H20FN5. The van der Waals surface area contributed by atoms with Crippen LogP contribution in [0.15, 0.2) is 30.5 Å². The van der Waals surface area contributed by atoms with Crippen molar-refractivity contribution in [2.45, 2.75) is 26.2 Å². The summed E-state index contributed by atoms with van der Waals surface area (Å²) >= 11 is 0. The molecule has 2 N–H and O–H groups in total. The van der Waals surface area contributed by atoms with Crippen molar-refractivity contribution in [2.24, 2.45) is 0 Å². The summed E-state index contributed by atoms with van der Waals surface area (Å²) in [4.78, 5) is 4.31. The number of aromatic nitrogens is 3. The minimum absolute atomic E-state index is 0.187. The quantitative estimate of drug-likeness (QED) is 0.732. The number of anilines is 2. The molecule has 21 heavy (non-hydrogen) atoms. The van der Waals surface area contributed by atoms with Gasteiger partial charge in [-0.2, -0.15) is 10.1 Å². The monoisotopic (exact) mass is 289 g/mol. The van der Waals surface area contributed by atoms with Crippen LogP contribution < -0.4 is 10.6 Å². The van der Waals surface area contributed by atoms with Gasteiger partial charge in [0.2, 0.25) is 5.95 Å². The smallest absolute Gasteiger partial charge is 0.244 e. The van der Waals surface area contributed by atoms with Gasteiger partial charge < -0.3 is 10.6 Å². The van der Waals surface area contributed by atoms with Crippen LogP contribution in [0.5, 0.6) is 0 Å². The Morgan fingerprint density at radius 2 is 2.00 bits per heavy atom. The molecular weight excluding hydrogens is 269 g/mol. The zero-order valence-corrected chi connectivity index (χ0v) is 12.1. The van der Waals surface area contributed by atoms with Crippen LogP contribution >= 0.6 is 0 Å². The van der Waals surface area contributed by atoms with Crippen LogP contribution in [-0.2, 0) is 6.42 Å². The molecule has 0 amide bonds. The Hall–Kier alpha value is -2.24. The second-order valence-electron chi connectivity index (χ2n) is 4.71. The molecule has 0 spiro atoms. The summed E-state index contributed by atoms with van der Waals surface area (Å²) in [5, 5.41) is 14.1. The van der Waals surface area contributed by atoms with Gasteiger partial charge in [0, 0.05) is 13.1 Å². The summed E-state index contributed by atoms with van der Waals surface area (Å²) < 4.78 is 13.5. The van der Waals surface area contributed by atoms with Crippen molar-refractivity contribution in [1.82, 2.24) is 15.2 Å². The summed E-state index contributed by atoms with van der Waals surface area (Å²) in [5.74, 6) is 0.966. The van der Waals surface area contributed by atoms with E-state index in [2.05, 4.69) is 32.7 Å². The van der Waals surface area contributed by atoms with Gasteiger partial charge in [-0.25, -0.2) is 4.39 Å². The van der Waals surface area contributed by atoms with Gasteiger partial charge in [-0.05, 0) is 24.5 Å². The fourth-order valence-electron chi connectivity index (χ4n) is 1.87. The molecule has 0 bridgehead atoms. The Bertz CT molecular complexity index is 561. The number of halogens is 1. The molecule has 0 saturated carbocycles. The average Bonchev–Trinajstić information content (AvgIpc) is 2.50. The Balaban J connectivity index is 1.83. The van der Waals surface area contributed by atoms with Crippen LogP contribution in [0.4, 0.5) is 16.2 Å². The summed E-state index contributed by atoms with van der Waals surface area (Å²) in [6.45, 7) is 3.56. The van der Waals surface area contributed by atoms with E-state index in [1.807, 2.05) is 6.07 Å². The summed E-state index contributed by atoms with van der Waals surface area (Å²) in [7, 11) is 0. The van der Waals surface area contributed by atoms with E-state index in [-0.39, 0.29) is 5.82 Å². The third-order valence-electron chi connectivity index (χ3n) is 3.03. The maximum Gasteiger partial charge on any atom is 0.244 e. The number of rotatable bonds is 8. The number of hydrogen-bond acceptors (Lipinski definition) is 5. The van der Waals surface area contributed by atoms with E-state index in [0.717, 1.165) is 19.4 Å². The SMILES string of the molecule is CCCCNc1cnnc(NCCc2ccccc2F)n1. The highest BCUT2D eigenvalue weighted by Crippen LogP contribution is 2.08. The Morgan fingerprint density at radius 1 is 1.14 bits per heavy atom. The molecule has 0 aliphatic heterocycles. The van der Waals surface area contributed by atoms with Crippen LogP contribution in [0.25, 0.3) is 0 Å². The molecule has 0 aliphatic rings. The molecule has 0 fully saturated rings. The van der Waals surface area contributed by atoms with Gasteiger partial charge in [-0.1, -0.05) is 31.5 Å². The number of hydrogen-bond donors (Lipinski definition) is 2. The molecule has 0 atom stereocenters. The van der Waals surface area contributed by atoms with E-state index in [4.69, 9.17) is 0 Å². The predicted octanol–water partition coefficient (Wildman–Crippen LogP) is 2.88. The first-order valence-electron chi connectivity index (χ1n) is 7.20. The van der Waals surface area contributed by atoms with Gasteiger partial charge in [0.05, 0.1) is 6.20 Å². The standard InChI is InChI=1S/C15H20FN5/c1-2-3-9-17-14-11-19-21-15(20-14)18-10-8-12-6-4-5-7-13(12)16/h4-7,11H,2-3,8-10H2,1H3,(H2,17,18,20,21). The molecule has 6 heteroatoms. The van der Waals surface area contributed by atoms with Crippen LogP contribution in [0.1, 0.15) is 25.3 Å². The minimum Gasteiger partial charge on any atom is -0.369 e. The number of benzene rings is 1. The predicted molar refractivity (Wildman–Crippen MR) is 81.8 cm³/mol. The van der Waals surface area contributed by atoms with Crippen molar-refractivity contribution in [3.05, 3.63) is 41.8 Å². The van der Waals surface area contributed by atoms with Gasteiger partial charge in [0.1, 0.15) is 11.6 Å². The first-order valence-corrected chi connectivity index (χ1v) is 7.20. The van der Waals surface area contributed by atoms with Gasteiger partial charge in [0.25, 0.3) is 0 Å². The molecule has 112 valence electrons. The van der Waals surface area contributed by atoms with Crippen molar-refractivity contribution < 1.29 is 4.39 Å². The number of nitrogens with one attached hydrogen (secondary N) is 2. The number of unbranched alkanes of at least 4 members (excludes halogenated alkanes) is 1. The lowest BCUT2D eigenvalue weighted by atomic mass is 10.1. The lowest BCUT2D eigenvalue weighted by molar-refractivity contribution is 0.610. The molecule has 5 nitrogen and oxygen atoms in total. The van der Waals surface area contributed by atoms with Crippen LogP contribution in [0.3, 0.4) is 0 Å². The van der Waals surface area contributed by atoms with E-state index in [1.165, 1.54) is 6.07 Å². The molecule has 2 aromatic rings. The van der Waals surface area contributed by atoms with E-state index >= 15 is 0 Å². The third kappa shape index (κ3) is 4.98. The highest BCUT2D eigenvalue weighted by molar-refractivity contribution is 5.36. The molecule has 2 rings (SSSR count). The average molecular weight is 289 g/mol. The first-order chi connectivity index (χ1) is 10.3. The van der Waals surface area contributed by atoms with Gasteiger partial charge in [0.15, 0.2) is 0 Å². The Labute approximate surface area is 124 Å². The first kappa shape index (κ1) is 15.2. The van der Waals surface area contributed by atoms with E-state index in [1.54, 1.807) is 18.3 Å². The summed E-state index contributed by atoms with van der Waals surface area (Å²) in [6, 6.07) is 6.75. The zero-order chi connectivity index (χ0) is 14.9. The van der Waals surface area contributed by atoms with Crippen LogP contribution in [-0.4, -0.2) is 28.3 Å². The van der Waals surface area contributed by atoms with Crippen LogP contribution in [0.2, 0.25) is 0 Å². The third-order valence-corrected chi connectivity index (χ3v) is 3.03. The normalized spacial score (nSPS) is 10.4. The maximum absolute atomic E-state index is 13.5. The van der Waals surface area contributed by atoms with Gasteiger partial charge >= 0.3 is 0 Å². The lowest BCUT2D eigenvalue weighted by Crippen LogP contribution is -2.11. The Kier molecular flexibility index (Phi) is 5.87.